The van der Waals surface area contributed by atoms with Crippen LogP contribution in [0.1, 0.15) is 89.1 Å². The van der Waals surface area contributed by atoms with E-state index in [1.807, 2.05) is 0 Å². The van der Waals surface area contributed by atoms with Gasteiger partial charge in [-0.15, -0.1) is 0 Å². The number of allylic oxidation sites excluding steroid dienone is 9. The minimum absolute atomic E-state index is 0.185. The van der Waals surface area contributed by atoms with E-state index in [0.717, 1.165) is 18.4 Å². The van der Waals surface area contributed by atoms with E-state index in [4.69, 9.17) is 6.58 Å². The van der Waals surface area contributed by atoms with Crippen molar-refractivity contribution in [2.24, 2.45) is 0 Å². The topological polar surface area (TPSA) is 12.0 Å². The number of rotatable bonds is 2. The highest BCUT2D eigenvalue weighted by molar-refractivity contribution is 5.85. The molecule has 2 aliphatic heterocycles. The van der Waals surface area contributed by atoms with Gasteiger partial charge in [0.2, 0.25) is 0 Å². The van der Waals surface area contributed by atoms with Gasteiger partial charge in [0, 0.05) is 27.6 Å². The quantitative estimate of drug-likeness (QED) is 0.334. The Labute approximate surface area is 253 Å². The van der Waals surface area contributed by atoms with Gasteiger partial charge in [0.05, 0.1) is 0 Å². The highest BCUT2D eigenvalue weighted by Gasteiger charge is 2.40. The number of anilines is 2. The van der Waals surface area contributed by atoms with Gasteiger partial charge < -0.3 is 5.32 Å². The van der Waals surface area contributed by atoms with Crippen molar-refractivity contribution in [1.82, 2.24) is 0 Å². The average molecular weight is 552 g/mol. The summed E-state index contributed by atoms with van der Waals surface area (Å²) in [6.45, 7) is 23.3. The van der Waals surface area contributed by atoms with Crippen LogP contribution in [0.3, 0.4) is 0 Å². The van der Waals surface area contributed by atoms with Crippen molar-refractivity contribution in [2.75, 3.05) is 5.32 Å². The lowest BCUT2D eigenvalue weighted by atomic mass is 9.66. The molecule has 0 saturated carbocycles. The lowest BCUT2D eigenvalue weighted by Gasteiger charge is -2.43. The summed E-state index contributed by atoms with van der Waals surface area (Å²) < 4.78 is 0. The van der Waals surface area contributed by atoms with Crippen LogP contribution in [0.25, 0.3) is 11.1 Å². The zero-order valence-corrected chi connectivity index (χ0v) is 26.7. The fraction of sp³-hybridized carbons (Fsp3) is 0.317. The summed E-state index contributed by atoms with van der Waals surface area (Å²) in [6.07, 6.45) is 13.9. The SMILES string of the molecule is C=C1/C=C(C2=CCCC=C2)\C=C(/C)C(C)(C)c2cc(-c3ccc(C)cc3)cc3c2Nc2c(cccc2C3(C)C)C1(C)C. The monoisotopic (exact) mass is 551 g/mol. The molecular weight excluding hydrogens is 506 g/mol. The minimum Gasteiger partial charge on any atom is -0.355 e. The third-order valence-corrected chi connectivity index (χ3v) is 10.3. The van der Waals surface area contributed by atoms with Crippen molar-refractivity contribution in [3.63, 3.8) is 0 Å². The number of nitrogens with one attached hydrogen (secondary N) is 1. The molecule has 3 aliphatic rings. The van der Waals surface area contributed by atoms with E-state index in [0.29, 0.717) is 0 Å². The number of hydrogen-bond acceptors (Lipinski definition) is 1. The van der Waals surface area contributed by atoms with Gasteiger partial charge >= 0.3 is 0 Å². The fourth-order valence-corrected chi connectivity index (χ4v) is 6.88. The molecule has 6 rings (SSSR count). The van der Waals surface area contributed by atoms with Gasteiger partial charge in [-0.1, -0.05) is 132 Å². The standard InChI is InChI=1S/C41H45N/c1-26-18-20-30(21-19-26)32-24-35-38-36(25-32)41(8,9)34-17-13-16-33(37(34)42-38)39(4,5)27(2)22-31(23-28(3)40(35,6)7)29-14-11-10-12-15-29/h11,13-25,42H,2,10,12H2,1,3-9H3/b28-23+,31-22+. The number of hydrogen-bond donors (Lipinski definition) is 1. The molecule has 0 atom stereocenters. The van der Waals surface area contributed by atoms with E-state index in [1.54, 1.807) is 0 Å². The molecule has 0 aromatic heterocycles. The lowest BCUT2D eigenvalue weighted by molar-refractivity contribution is 0.598. The molecule has 0 saturated heterocycles. The number of aryl methyl sites for hydroxylation is 1. The van der Waals surface area contributed by atoms with Gasteiger partial charge in [0.15, 0.2) is 0 Å². The zero-order valence-electron chi connectivity index (χ0n) is 26.7. The molecule has 3 aromatic carbocycles. The summed E-state index contributed by atoms with van der Waals surface area (Å²) >= 11 is 0. The Morgan fingerprint density at radius 3 is 1.90 bits per heavy atom. The van der Waals surface area contributed by atoms with Crippen LogP contribution in [0.5, 0.6) is 0 Å². The Kier molecular flexibility index (Phi) is 6.65. The van der Waals surface area contributed by atoms with Crippen LogP contribution < -0.4 is 5.32 Å². The maximum Gasteiger partial charge on any atom is 0.0467 e. The largest absolute Gasteiger partial charge is 0.355 e. The molecule has 0 amide bonds. The molecule has 214 valence electrons. The van der Waals surface area contributed by atoms with Crippen molar-refractivity contribution in [2.45, 2.75) is 84.5 Å². The van der Waals surface area contributed by atoms with Crippen LogP contribution in [0.15, 0.2) is 114 Å². The van der Waals surface area contributed by atoms with E-state index in [2.05, 4.69) is 146 Å². The molecule has 2 bridgehead atoms. The molecular formula is C41H45N. The van der Waals surface area contributed by atoms with Crippen molar-refractivity contribution >= 4 is 11.4 Å². The van der Waals surface area contributed by atoms with Gasteiger partial charge in [-0.2, -0.15) is 0 Å². The van der Waals surface area contributed by atoms with Crippen LogP contribution >= 0.6 is 0 Å². The van der Waals surface area contributed by atoms with Crippen LogP contribution in [-0.4, -0.2) is 0 Å². The summed E-state index contributed by atoms with van der Waals surface area (Å²) in [5, 5.41) is 4.05. The first kappa shape index (κ1) is 28.3. The summed E-state index contributed by atoms with van der Waals surface area (Å²) in [4.78, 5) is 0. The Morgan fingerprint density at radius 2 is 1.26 bits per heavy atom. The van der Waals surface area contributed by atoms with Gasteiger partial charge in [-0.25, -0.2) is 0 Å². The number of para-hydroxylation sites is 1. The Morgan fingerprint density at radius 1 is 0.643 bits per heavy atom. The second kappa shape index (κ2) is 9.87. The Bertz CT molecular complexity index is 1730. The van der Waals surface area contributed by atoms with Gasteiger partial charge in [-0.3, -0.25) is 0 Å². The van der Waals surface area contributed by atoms with Crippen molar-refractivity contribution in [1.29, 1.82) is 0 Å². The molecule has 1 N–H and O–H groups in total. The third kappa shape index (κ3) is 4.46. The third-order valence-electron chi connectivity index (χ3n) is 10.3. The predicted octanol–water partition coefficient (Wildman–Crippen LogP) is 11.3. The van der Waals surface area contributed by atoms with E-state index < -0.39 is 0 Å². The predicted molar refractivity (Wildman–Crippen MR) is 182 cm³/mol. The first-order chi connectivity index (χ1) is 19.8. The molecule has 0 spiro atoms. The van der Waals surface area contributed by atoms with Crippen LogP contribution in [0.2, 0.25) is 0 Å². The van der Waals surface area contributed by atoms with E-state index in [9.17, 15) is 0 Å². The first-order valence-electron chi connectivity index (χ1n) is 15.5. The molecule has 3 aromatic rings. The van der Waals surface area contributed by atoms with E-state index >= 15 is 0 Å². The summed E-state index contributed by atoms with van der Waals surface area (Å²) in [5.74, 6) is 0. The molecule has 2 heterocycles. The highest BCUT2D eigenvalue weighted by Crippen LogP contribution is 2.54. The van der Waals surface area contributed by atoms with Crippen LogP contribution in [0, 0.1) is 6.92 Å². The maximum atomic E-state index is 4.69. The molecule has 1 aliphatic carbocycles. The van der Waals surface area contributed by atoms with Crippen molar-refractivity contribution in [3.8, 4) is 11.1 Å². The molecule has 0 radical (unpaired) electrons. The van der Waals surface area contributed by atoms with Crippen molar-refractivity contribution < 1.29 is 0 Å². The van der Waals surface area contributed by atoms with Crippen molar-refractivity contribution in [3.05, 3.63) is 142 Å². The molecule has 42 heavy (non-hydrogen) atoms. The zero-order chi connectivity index (χ0) is 30.0. The molecule has 1 nitrogen and oxygen atoms in total. The molecule has 1 heteroatoms. The van der Waals surface area contributed by atoms with Gasteiger partial charge in [-0.05, 0) is 88.9 Å². The van der Waals surface area contributed by atoms with E-state index in [1.165, 1.54) is 67.0 Å². The molecule has 0 fully saturated rings. The Hall–Kier alpha value is -3.84. The van der Waals surface area contributed by atoms with Crippen LogP contribution in [0.4, 0.5) is 11.4 Å². The second-order valence-corrected chi connectivity index (χ2v) is 14.1. The second-order valence-electron chi connectivity index (χ2n) is 14.1. The lowest BCUT2D eigenvalue weighted by Crippen LogP contribution is -2.32. The van der Waals surface area contributed by atoms with E-state index in [-0.39, 0.29) is 16.2 Å². The summed E-state index contributed by atoms with van der Waals surface area (Å²) in [6, 6.07) is 20.7. The van der Waals surface area contributed by atoms with Gasteiger partial charge in [0.25, 0.3) is 0 Å². The Balaban J connectivity index is 1.71. The minimum atomic E-state index is -0.269. The molecule has 0 unspecified atom stereocenters. The van der Waals surface area contributed by atoms with Crippen LogP contribution in [-0.2, 0) is 16.2 Å². The average Bonchev–Trinajstić information content (AvgIpc) is 2.96. The first-order valence-corrected chi connectivity index (χ1v) is 15.5. The summed E-state index contributed by atoms with van der Waals surface area (Å²) in [5.41, 5.74) is 15.9. The maximum absolute atomic E-state index is 4.69. The fourth-order valence-electron chi connectivity index (χ4n) is 6.88. The normalized spacial score (nSPS) is 22.4. The highest BCUT2D eigenvalue weighted by atomic mass is 14.9. The van der Waals surface area contributed by atoms with Gasteiger partial charge in [0.1, 0.15) is 0 Å². The summed E-state index contributed by atoms with van der Waals surface area (Å²) in [7, 11) is 0. The smallest absolute Gasteiger partial charge is 0.0467 e. The number of benzene rings is 3.